The van der Waals surface area contributed by atoms with E-state index >= 15 is 0 Å². The zero-order valence-electron chi connectivity index (χ0n) is 10.9. The lowest BCUT2D eigenvalue weighted by Gasteiger charge is -2.21. The molecule has 1 fully saturated rings. The van der Waals surface area contributed by atoms with Crippen LogP contribution in [0.25, 0.3) is 0 Å². The molecule has 1 aliphatic heterocycles. The number of aryl methyl sites for hydroxylation is 1. The zero-order valence-corrected chi connectivity index (χ0v) is 11.6. The van der Waals surface area contributed by atoms with Gasteiger partial charge in [0.1, 0.15) is 0 Å². The summed E-state index contributed by atoms with van der Waals surface area (Å²) in [4.78, 5) is 0. The highest BCUT2D eigenvalue weighted by Crippen LogP contribution is 2.28. The zero-order chi connectivity index (χ0) is 13.0. The fourth-order valence-corrected chi connectivity index (χ4v) is 2.48. The van der Waals surface area contributed by atoms with Crippen LogP contribution in [-0.2, 0) is 16.0 Å². The van der Waals surface area contributed by atoms with Crippen molar-refractivity contribution < 1.29 is 9.47 Å². The highest BCUT2D eigenvalue weighted by molar-refractivity contribution is 6.31. The molecule has 1 aliphatic rings. The minimum absolute atomic E-state index is 0.0923. The molecule has 0 saturated carbocycles. The molecule has 0 aromatic carbocycles. The molecule has 0 spiro atoms. The fourth-order valence-electron chi connectivity index (χ4n) is 2.21. The van der Waals surface area contributed by atoms with Gasteiger partial charge in [-0.15, -0.1) is 0 Å². The maximum absolute atomic E-state index is 6.23. The summed E-state index contributed by atoms with van der Waals surface area (Å²) in [5, 5.41) is 8.27. The van der Waals surface area contributed by atoms with Gasteiger partial charge in [-0.25, -0.2) is 0 Å². The van der Waals surface area contributed by atoms with Crippen LogP contribution in [0.3, 0.4) is 0 Å². The number of halogens is 1. The van der Waals surface area contributed by atoms with Gasteiger partial charge in [0.15, 0.2) is 6.29 Å². The minimum Gasteiger partial charge on any atom is -0.350 e. The number of nitrogens with zero attached hydrogens (tertiary/aromatic N) is 2. The van der Waals surface area contributed by atoms with Crippen molar-refractivity contribution in [1.82, 2.24) is 15.1 Å². The lowest BCUT2D eigenvalue weighted by Crippen LogP contribution is -2.26. The van der Waals surface area contributed by atoms with Crippen LogP contribution in [0.1, 0.15) is 31.5 Å². The fraction of sp³-hybridized carbons (Fsp3) is 0.750. The van der Waals surface area contributed by atoms with Crippen LogP contribution in [-0.4, -0.2) is 36.3 Å². The molecule has 1 aromatic heterocycles. The number of nitrogens with one attached hydrogen (secondary N) is 1. The second-order valence-corrected chi connectivity index (χ2v) is 4.76. The molecule has 1 aromatic rings. The van der Waals surface area contributed by atoms with Crippen LogP contribution in [0.2, 0.25) is 5.02 Å². The van der Waals surface area contributed by atoms with Crippen molar-refractivity contribution in [3.63, 3.8) is 0 Å². The molecule has 102 valence electrons. The Kier molecular flexibility index (Phi) is 5.00. The monoisotopic (exact) mass is 273 g/mol. The first-order valence-electron chi connectivity index (χ1n) is 6.38. The van der Waals surface area contributed by atoms with E-state index in [2.05, 4.69) is 17.3 Å². The van der Waals surface area contributed by atoms with Crippen LogP contribution in [0.4, 0.5) is 0 Å². The van der Waals surface area contributed by atoms with E-state index in [0.29, 0.717) is 18.2 Å². The molecule has 1 atom stereocenters. The number of hydrogen-bond acceptors (Lipinski definition) is 4. The molecular formula is C12H20ClN3O2. The largest absolute Gasteiger partial charge is 0.350 e. The SMILES string of the molecule is CCCn1ncc(Cl)c1C(CC1OCCO1)NC. The molecule has 0 aliphatic carbocycles. The molecule has 2 heterocycles. The Balaban J connectivity index is 2.12. The Labute approximate surface area is 112 Å². The second-order valence-electron chi connectivity index (χ2n) is 4.35. The summed E-state index contributed by atoms with van der Waals surface area (Å²) < 4.78 is 12.9. The van der Waals surface area contributed by atoms with Gasteiger partial charge in [0.25, 0.3) is 0 Å². The van der Waals surface area contributed by atoms with Crippen molar-refractivity contribution in [2.75, 3.05) is 20.3 Å². The Bertz CT molecular complexity index is 377. The predicted molar refractivity (Wildman–Crippen MR) is 69.6 cm³/mol. The number of hydrogen-bond donors (Lipinski definition) is 1. The molecule has 6 heteroatoms. The molecule has 1 unspecified atom stereocenters. The van der Waals surface area contributed by atoms with Crippen molar-refractivity contribution in [3.05, 3.63) is 16.9 Å². The first-order valence-corrected chi connectivity index (χ1v) is 6.75. The number of ether oxygens (including phenoxy) is 2. The molecule has 0 amide bonds. The molecule has 1 N–H and O–H groups in total. The second kappa shape index (κ2) is 6.52. The van der Waals surface area contributed by atoms with Crippen molar-refractivity contribution in [2.45, 2.75) is 38.6 Å². The smallest absolute Gasteiger partial charge is 0.159 e. The van der Waals surface area contributed by atoms with Gasteiger partial charge in [0.05, 0.1) is 36.2 Å². The Morgan fingerprint density at radius 1 is 1.56 bits per heavy atom. The van der Waals surface area contributed by atoms with Gasteiger partial charge in [-0.3, -0.25) is 4.68 Å². The maximum atomic E-state index is 6.23. The third-order valence-electron chi connectivity index (χ3n) is 3.07. The Hall–Kier alpha value is -0.620. The molecule has 18 heavy (non-hydrogen) atoms. The minimum atomic E-state index is -0.150. The maximum Gasteiger partial charge on any atom is 0.159 e. The summed E-state index contributed by atoms with van der Waals surface area (Å²) in [7, 11) is 1.92. The van der Waals surface area contributed by atoms with Gasteiger partial charge in [0, 0.05) is 13.0 Å². The summed E-state index contributed by atoms with van der Waals surface area (Å²) in [5.41, 5.74) is 1.01. The highest BCUT2D eigenvalue weighted by Gasteiger charge is 2.25. The van der Waals surface area contributed by atoms with E-state index in [1.807, 2.05) is 11.7 Å². The highest BCUT2D eigenvalue weighted by atomic mass is 35.5. The first-order chi connectivity index (χ1) is 8.76. The Morgan fingerprint density at radius 2 is 2.28 bits per heavy atom. The molecule has 0 bridgehead atoms. The van der Waals surface area contributed by atoms with Gasteiger partial charge in [0.2, 0.25) is 0 Å². The number of aromatic nitrogens is 2. The van der Waals surface area contributed by atoms with Gasteiger partial charge < -0.3 is 14.8 Å². The van der Waals surface area contributed by atoms with Gasteiger partial charge >= 0.3 is 0 Å². The number of rotatable bonds is 6. The van der Waals surface area contributed by atoms with Crippen molar-refractivity contribution in [1.29, 1.82) is 0 Å². The van der Waals surface area contributed by atoms with Crippen LogP contribution < -0.4 is 5.32 Å². The average molecular weight is 274 g/mol. The quantitative estimate of drug-likeness (QED) is 0.861. The van der Waals surface area contributed by atoms with Crippen molar-refractivity contribution in [2.24, 2.45) is 0 Å². The van der Waals surface area contributed by atoms with E-state index in [1.165, 1.54) is 0 Å². The summed E-state index contributed by atoms with van der Waals surface area (Å²) in [6.45, 7) is 4.33. The van der Waals surface area contributed by atoms with E-state index in [-0.39, 0.29) is 12.3 Å². The summed E-state index contributed by atoms with van der Waals surface area (Å²) in [6, 6.07) is 0.0923. The standard InChI is InChI=1S/C12H20ClN3O2/c1-3-4-16-12(9(13)8-15-16)10(14-2)7-11-17-5-6-18-11/h8,10-11,14H,3-7H2,1-2H3. The van der Waals surface area contributed by atoms with Crippen LogP contribution in [0, 0.1) is 0 Å². The lowest BCUT2D eigenvalue weighted by atomic mass is 10.1. The third-order valence-corrected chi connectivity index (χ3v) is 3.36. The van der Waals surface area contributed by atoms with Gasteiger partial charge in [-0.2, -0.15) is 5.10 Å². The average Bonchev–Trinajstić information content (AvgIpc) is 2.98. The van der Waals surface area contributed by atoms with Crippen LogP contribution >= 0.6 is 11.6 Å². The molecule has 2 rings (SSSR count). The predicted octanol–water partition coefficient (Wildman–Crippen LogP) is 1.97. The molecule has 1 saturated heterocycles. The van der Waals surface area contributed by atoms with E-state index in [4.69, 9.17) is 21.1 Å². The van der Waals surface area contributed by atoms with E-state index in [9.17, 15) is 0 Å². The topological polar surface area (TPSA) is 48.3 Å². The summed E-state index contributed by atoms with van der Waals surface area (Å²) in [5.74, 6) is 0. The third kappa shape index (κ3) is 3.03. The summed E-state index contributed by atoms with van der Waals surface area (Å²) in [6.07, 6.45) is 3.32. The van der Waals surface area contributed by atoms with E-state index in [0.717, 1.165) is 25.1 Å². The Morgan fingerprint density at radius 3 is 2.89 bits per heavy atom. The van der Waals surface area contributed by atoms with Crippen molar-refractivity contribution >= 4 is 11.6 Å². The molecule has 0 radical (unpaired) electrons. The van der Waals surface area contributed by atoms with Gasteiger partial charge in [-0.05, 0) is 13.5 Å². The summed E-state index contributed by atoms with van der Waals surface area (Å²) >= 11 is 6.23. The first kappa shape index (κ1) is 13.8. The van der Waals surface area contributed by atoms with E-state index in [1.54, 1.807) is 6.20 Å². The lowest BCUT2D eigenvalue weighted by molar-refractivity contribution is -0.0530. The van der Waals surface area contributed by atoms with Crippen LogP contribution in [0.5, 0.6) is 0 Å². The van der Waals surface area contributed by atoms with Crippen LogP contribution in [0.15, 0.2) is 6.20 Å². The molecular weight excluding hydrogens is 254 g/mol. The van der Waals surface area contributed by atoms with Crippen molar-refractivity contribution in [3.8, 4) is 0 Å². The molecule has 5 nitrogen and oxygen atoms in total. The van der Waals surface area contributed by atoms with Gasteiger partial charge in [-0.1, -0.05) is 18.5 Å². The van der Waals surface area contributed by atoms with E-state index < -0.39 is 0 Å². The normalized spacial score (nSPS) is 18.4.